The third-order valence-electron chi connectivity index (χ3n) is 3.08. The molecule has 24 heavy (non-hydrogen) atoms. The number of aryl methyl sites for hydroxylation is 1. The van der Waals surface area contributed by atoms with Gasteiger partial charge in [0, 0.05) is 0 Å². The zero-order chi connectivity index (χ0) is 17.8. The molecule has 0 unspecified atom stereocenters. The highest BCUT2D eigenvalue weighted by Gasteiger charge is 2.20. The van der Waals surface area contributed by atoms with E-state index in [0.717, 1.165) is 11.0 Å². The molecular formula is C16H17NO5S2. The minimum absolute atomic E-state index is 0.0814. The predicted octanol–water partition coefficient (Wildman–Crippen LogP) is 3.21. The van der Waals surface area contributed by atoms with Crippen molar-refractivity contribution in [1.82, 2.24) is 0 Å². The van der Waals surface area contributed by atoms with E-state index in [4.69, 9.17) is 0 Å². The Hall–Kier alpha value is -2.32. The predicted molar refractivity (Wildman–Crippen MR) is 91.4 cm³/mol. The maximum Gasteiger partial charge on any atom is 0.290 e. The molecule has 0 saturated heterocycles. The van der Waals surface area contributed by atoms with Crippen molar-refractivity contribution in [1.29, 1.82) is 0 Å². The second-order valence-electron chi connectivity index (χ2n) is 4.90. The molecule has 0 radical (unpaired) electrons. The van der Waals surface area contributed by atoms with Crippen molar-refractivity contribution in [2.24, 2.45) is 3.77 Å². The van der Waals surface area contributed by atoms with Gasteiger partial charge >= 0.3 is 0 Å². The van der Waals surface area contributed by atoms with Crippen LogP contribution in [0.3, 0.4) is 0 Å². The molecule has 2 aromatic carbocycles. The van der Waals surface area contributed by atoms with Crippen LogP contribution in [0.1, 0.15) is 5.56 Å². The maximum absolute atomic E-state index is 13.1. The molecule has 0 heterocycles. The van der Waals surface area contributed by atoms with Crippen molar-refractivity contribution in [2.75, 3.05) is 7.11 Å². The number of rotatable bonds is 5. The van der Waals surface area contributed by atoms with Gasteiger partial charge in [0.1, 0.15) is 9.73 Å². The second-order valence-corrected chi connectivity index (χ2v) is 8.77. The lowest BCUT2D eigenvalue weighted by Gasteiger charge is -2.07. The lowest BCUT2D eigenvalue weighted by molar-refractivity contribution is 0.137. The zero-order valence-electron chi connectivity index (χ0n) is 13.1. The monoisotopic (exact) mass is 367 g/mol. The van der Waals surface area contributed by atoms with Gasteiger partial charge < -0.3 is 9.84 Å². The first-order chi connectivity index (χ1) is 11.3. The first-order valence-corrected chi connectivity index (χ1v) is 9.88. The lowest BCUT2D eigenvalue weighted by Crippen LogP contribution is -2.05. The van der Waals surface area contributed by atoms with Crippen molar-refractivity contribution in [2.45, 2.75) is 16.7 Å². The van der Waals surface area contributed by atoms with Crippen LogP contribution in [-0.2, 0) is 24.5 Å². The molecule has 0 spiro atoms. The van der Waals surface area contributed by atoms with Crippen LogP contribution in [0.4, 0.5) is 0 Å². The van der Waals surface area contributed by atoms with Crippen molar-refractivity contribution in [3.63, 3.8) is 0 Å². The highest BCUT2D eigenvalue weighted by Crippen LogP contribution is 2.22. The Morgan fingerprint density at radius 1 is 1.00 bits per heavy atom. The van der Waals surface area contributed by atoms with Crippen LogP contribution in [0.15, 0.2) is 79.5 Å². The van der Waals surface area contributed by atoms with Crippen LogP contribution >= 0.6 is 0 Å². The summed E-state index contributed by atoms with van der Waals surface area (Å²) >= 11 is 0. The summed E-state index contributed by atoms with van der Waals surface area (Å²) in [6.07, 6.45) is 0. The molecular weight excluding hydrogens is 350 g/mol. The highest BCUT2D eigenvalue weighted by atomic mass is 32.3. The molecule has 0 amide bonds. The van der Waals surface area contributed by atoms with E-state index in [-0.39, 0.29) is 9.79 Å². The van der Waals surface area contributed by atoms with Crippen molar-refractivity contribution < 1.29 is 22.5 Å². The van der Waals surface area contributed by atoms with Crippen molar-refractivity contribution in [3.05, 3.63) is 71.5 Å². The Bertz CT molecular complexity index is 955. The molecule has 1 atom stereocenters. The third kappa shape index (κ3) is 4.15. The Labute approximate surface area is 141 Å². The quantitative estimate of drug-likeness (QED) is 0.819. The fraction of sp³-hybridized carbons (Fsp3) is 0.125. The Kier molecular flexibility index (Phi) is 5.30. The smallest absolute Gasteiger partial charge is 0.290 e. The molecule has 0 aliphatic rings. The van der Waals surface area contributed by atoms with E-state index in [9.17, 15) is 17.7 Å². The van der Waals surface area contributed by atoms with E-state index in [1.807, 2.05) is 6.92 Å². The van der Waals surface area contributed by atoms with Crippen molar-refractivity contribution >= 4 is 19.8 Å². The Morgan fingerprint density at radius 3 is 2.12 bits per heavy atom. The number of aliphatic hydroxyl groups excluding tert-OH is 1. The number of benzene rings is 2. The molecule has 128 valence electrons. The number of ether oxygens (including phenoxy) is 1. The molecule has 0 saturated carbocycles. The van der Waals surface area contributed by atoms with Gasteiger partial charge in [-0.25, -0.2) is 4.21 Å². The Morgan fingerprint density at radius 2 is 1.58 bits per heavy atom. The van der Waals surface area contributed by atoms with Crippen LogP contribution in [0.25, 0.3) is 0 Å². The van der Waals surface area contributed by atoms with Crippen LogP contribution in [0, 0.1) is 6.92 Å². The molecule has 2 rings (SSSR count). The number of nitrogens with zero attached hydrogens (tertiary/aromatic N) is 1. The van der Waals surface area contributed by atoms with E-state index in [2.05, 4.69) is 8.50 Å². The topological polar surface area (TPSA) is 93.0 Å². The lowest BCUT2D eigenvalue weighted by atomic mass is 10.2. The van der Waals surface area contributed by atoms with Gasteiger partial charge in [-0.1, -0.05) is 39.7 Å². The van der Waals surface area contributed by atoms with Gasteiger partial charge in [-0.3, -0.25) is 0 Å². The second kappa shape index (κ2) is 7.06. The van der Waals surface area contributed by atoms with Gasteiger partial charge in [-0.2, -0.15) is 8.42 Å². The summed E-state index contributed by atoms with van der Waals surface area (Å²) in [6.45, 7) is 1.82. The summed E-state index contributed by atoms with van der Waals surface area (Å²) in [5.74, 6) is -0.674. The molecule has 0 fully saturated rings. The van der Waals surface area contributed by atoms with Gasteiger partial charge in [0.2, 0.25) is 0 Å². The van der Waals surface area contributed by atoms with Crippen LogP contribution in [0.5, 0.6) is 0 Å². The summed E-state index contributed by atoms with van der Waals surface area (Å²) in [6, 6.07) is 13.8. The first kappa shape index (κ1) is 18.0. The van der Waals surface area contributed by atoms with E-state index in [0.29, 0.717) is 0 Å². The van der Waals surface area contributed by atoms with Gasteiger partial charge in [0.25, 0.3) is 16.0 Å². The van der Waals surface area contributed by atoms with Crippen LogP contribution < -0.4 is 0 Å². The summed E-state index contributed by atoms with van der Waals surface area (Å²) in [5.41, 5.74) is 0.884. The molecule has 1 N–H and O–H groups in total. The Balaban J connectivity index is 2.70. The third-order valence-corrected chi connectivity index (χ3v) is 7.09. The number of sulfonamides is 1. The summed E-state index contributed by atoms with van der Waals surface area (Å²) in [4.78, 5) is 0.0614. The number of methoxy groups -OCH3 is 1. The average molecular weight is 367 g/mol. The molecule has 6 nitrogen and oxygen atoms in total. The summed E-state index contributed by atoms with van der Waals surface area (Å²) in [5, 5.41) is 10.4. The maximum atomic E-state index is 13.1. The largest absolute Gasteiger partial charge is 0.481 e. The molecule has 8 heteroatoms. The summed E-state index contributed by atoms with van der Waals surface area (Å²) < 4.78 is 46.3. The zero-order valence-corrected chi connectivity index (χ0v) is 14.8. The van der Waals surface area contributed by atoms with Gasteiger partial charge in [0.05, 0.1) is 22.3 Å². The molecule has 0 aliphatic heterocycles. The number of hydrogen-bond donors (Lipinski definition) is 1. The highest BCUT2D eigenvalue weighted by molar-refractivity contribution is 8.05. The first-order valence-electron chi connectivity index (χ1n) is 6.87. The van der Waals surface area contributed by atoms with E-state index in [1.165, 1.54) is 31.4 Å². The van der Waals surface area contributed by atoms with Crippen LogP contribution in [0.2, 0.25) is 0 Å². The van der Waals surface area contributed by atoms with Crippen molar-refractivity contribution in [3.8, 4) is 0 Å². The average Bonchev–Trinajstić information content (AvgIpc) is 2.55. The molecule has 2 aromatic rings. The fourth-order valence-electron chi connectivity index (χ4n) is 1.83. The van der Waals surface area contributed by atoms with Gasteiger partial charge in [0.15, 0.2) is 0 Å². The minimum Gasteiger partial charge on any atom is -0.481 e. The summed E-state index contributed by atoms with van der Waals surface area (Å²) in [7, 11) is -6.62. The fourth-order valence-corrected chi connectivity index (χ4v) is 5.39. The molecule has 0 bridgehead atoms. The SMILES string of the molecule is CO/C(O)=C/[S@@](=O)(=NS(=O)(=O)c1ccc(C)cc1)c1ccccc1. The normalized spacial score (nSPS) is 14.7. The standard InChI is InChI=1S/C16H17NO5S2/c1-13-8-10-15(11-9-13)24(20,21)17-23(19,12-16(18)22-2)14-6-4-3-5-7-14/h3-12,18H,1-2H3/b16-12+/t23-/m0/s1. The van der Waals surface area contributed by atoms with Crippen LogP contribution in [-0.4, -0.2) is 24.8 Å². The number of aliphatic hydroxyl groups is 1. The van der Waals surface area contributed by atoms with E-state index < -0.39 is 25.7 Å². The van der Waals surface area contributed by atoms with E-state index in [1.54, 1.807) is 30.3 Å². The van der Waals surface area contributed by atoms with Gasteiger partial charge in [-0.15, -0.1) is 0 Å². The molecule has 0 aromatic heterocycles. The molecule has 0 aliphatic carbocycles. The minimum atomic E-state index is -4.20. The van der Waals surface area contributed by atoms with E-state index >= 15 is 0 Å². The number of hydrogen-bond acceptors (Lipinski definition) is 5. The van der Waals surface area contributed by atoms with Gasteiger partial charge in [-0.05, 0) is 31.2 Å².